The molecule has 0 atom stereocenters. The maximum Gasteiger partial charge on any atom is 0.0690 e. The van der Waals surface area contributed by atoms with Crippen LogP contribution >= 0.6 is 0 Å². The van der Waals surface area contributed by atoms with Crippen molar-refractivity contribution < 1.29 is 4.74 Å². The molecule has 1 aliphatic rings. The summed E-state index contributed by atoms with van der Waals surface area (Å²) in [5.74, 6) is 0.854. The molecule has 92 valence electrons. The van der Waals surface area contributed by atoms with Crippen molar-refractivity contribution in [2.75, 3.05) is 6.61 Å². The van der Waals surface area contributed by atoms with E-state index in [9.17, 15) is 5.26 Å². The summed E-state index contributed by atoms with van der Waals surface area (Å²) in [6.07, 6.45) is 7.06. The Morgan fingerprint density at radius 1 is 1.38 bits per heavy atom. The molecule has 2 heteroatoms. The Morgan fingerprint density at radius 3 is 2.44 bits per heavy atom. The molecule has 1 fully saturated rings. The van der Waals surface area contributed by atoms with E-state index in [-0.39, 0.29) is 11.5 Å². The summed E-state index contributed by atoms with van der Waals surface area (Å²) in [7, 11) is 0. The second-order valence-corrected chi connectivity index (χ2v) is 5.41. The maximum atomic E-state index is 9.36. The normalized spacial score (nSPS) is 30.3. The van der Waals surface area contributed by atoms with Gasteiger partial charge in [0.25, 0.3) is 0 Å². The molecule has 0 unspecified atom stereocenters. The van der Waals surface area contributed by atoms with E-state index in [1.54, 1.807) is 0 Å². The summed E-state index contributed by atoms with van der Waals surface area (Å²) in [5, 5.41) is 9.36. The molecule has 0 N–H and O–H groups in total. The van der Waals surface area contributed by atoms with Gasteiger partial charge in [0, 0.05) is 6.61 Å². The van der Waals surface area contributed by atoms with Gasteiger partial charge >= 0.3 is 0 Å². The van der Waals surface area contributed by atoms with Crippen molar-refractivity contribution in [2.45, 2.75) is 65.4 Å². The lowest BCUT2D eigenvalue weighted by molar-refractivity contribution is 0.0497. The molecular weight excluding hydrogens is 198 g/mol. The van der Waals surface area contributed by atoms with E-state index in [2.05, 4.69) is 13.0 Å². The molecule has 0 bridgehead atoms. The van der Waals surface area contributed by atoms with Gasteiger partial charge < -0.3 is 4.74 Å². The molecule has 16 heavy (non-hydrogen) atoms. The molecule has 0 saturated heterocycles. The Kier molecular flexibility index (Phi) is 5.28. The monoisotopic (exact) mass is 223 g/mol. The minimum atomic E-state index is -0.0828. The Morgan fingerprint density at radius 2 is 2.00 bits per heavy atom. The quantitative estimate of drug-likeness (QED) is 0.708. The van der Waals surface area contributed by atoms with Crippen molar-refractivity contribution in [3.63, 3.8) is 0 Å². The molecule has 0 aromatic rings. The van der Waals surface area contributed by atoms with Crippen LogP contribution in [0.15, 0.2) is 0 Å². The summed E-state index contributed by atoms with van der Waals surface area (Å²) in [4.78, 5) is 0. The highest BCUT2D eigenvalue weighted by Crippen LogP contribution is 2.42. The van der Waals surface area contributed by atoms with E-state index >= 15 is 0 Å². The van der Waals surface area contributed by atoms with Crippen LogP contribution < -0.4 is 0 Å². The highest BCUT2D eigenvalue weighted by molar-refractivity contribution is 5.01. The second-order valence-electron chi connectivity index (χ2n) is 5.41. The number of ether oxygens (including phenoxy) is 1. The van der Waals surface area contributed by atoms with Crippen LogP contribution in [-0.4, -0.2) is 12.7 Å². The fourth-order valence-electron chi connectivity index (χ4n) is 2.55. The zero-order valence-corrected chi connectivity index (χ0v) is 11.0. The van der Waals surface area contributed by atoms with Gasteiger partial charge in [-0.25, -0.2) is 0 Å². The smallest absolute Gasteiger partial charge is 0.0690 e. The van der Waals surface area contributed by atoms with E-state index in [1.807, 2.05) is 13.8 Å². The topological polar surface area (TPSA) is 33.0 Å². The third-order valence-corrected chi connectivity index (χ3v) is 3.91. The van der Waals surface area contributed by atoms with Crippen LogP contribution in [0.25, 0.3) is 0 Å². The first-order valence-electron chi connectivity index (χ1n) is 6.65. The number of nitriles is 1. The average Bonchev–Trinajstić information content (AvgIpc) is 2.29. The van der Waals surface area contributed by atoms with Gasteiger partial charge in [0.05, 0.1) is 17.6 Å². The molecular formula is C14H25NO. The van der Waals surface area contributed by atoms with Gasteiger partial charge in [0.15, 0.2) is 0 Å². The van der Waals surface area contributed by atoms with Gasteiger partial charge in [-0.15, -0.1) is 0 Å². The standard InChI is InChI=1S/C14H25NO/c1-4-13-5-7-14(11-15,8-6-13)9-10-16-12(2)3/h12-13H,4-10H2,1-3H3. The van der Waals surface area contributed by atoms with Gasteiger partial charge in [-0.05, 0) is 51.9 Å². The van der Waals surface area contributed by atoms with E-state index in [0.717, 1.165) is 31.8 Å². The molecule has 0 aliphatic heterocycles. The molecule has 0 radical (unpaired) electrons. The summed E-state index contributed by atoms with van der Waals surface area (Å²) < 4.78 is 5.57. The highest BCUT2D eigenvalue weighted by Gasteiger charge is 2.34. The van der Waals surface area contributed by atoms with E-state index in [4.69, 9.17) is 4.74 Å². The predicted octanol–water partition coefficient (Wildman–Crippen LogP) is 3.91. The van der Waals surface area contributed by atoms with Crippen LogP contribution in [0.3, 0.4) is 0 Å². The third kappa shape index (κ3) is 3.79. The van der Waals surface area contributed by atoms with Crippen LogP contribution in [0.1, 0.15) is 59.3 Å². The first kappa shape index (κ1) is 13.5. The van der Waals surface area contributed by atoms with E-state index in [1.165, 1.54) is 19.3 Å². The van der Waals surface area contributed by atoms with Crippen LogP contribution in [0.4, 0.5) is 0 Å². The fraction of sp³-hybridized carbons (Fsp3) is 0.929. The summed E-state index contributed by atoms with van der Waals surface area (Å²) in [5.41, 5.74) is -0.0828. The van der Waals surface area contributed by atoms with Crippen LogP contribution in [-0.2, 0) is 4.74 Å². The van der Waals surface area contributed by atoms with Crippen molar-refractivity contribution in [3.05, 3.63) is 0 Å². The lowest BCUT2D eigenvalue weighted by Crippen LogP contribution is -2.27. The van der Waals surface area contributed by atoms with E-state index in [0.29, 0.717) is 0 Å². The zero-order chi connectivity index (χ0) is 12.0. The molecule has 1 saturated carbocycles. The lowest BCUT2D eigenvalue weighted by atomic mass is 9.69. The summed E-state index contributed by atoms with van der Waals surface area (Å²) in [6, 6.07) is 2.56. The number of rotatable bonds is 5. The number of hydrogen-bond acceptors (Lipinski definition) is 2. The molecule has 0 heterocycles. The minimum Gasteiger partial charge on any atom is -0.379 e. The van der Waals surface area contributed by atoms with Crippen molar-refractivity contribution in [3.8, 4) is 6.07 Å². The van der Waals surface area contributed by atoms with Crippen LogP contribution in [0.2, 0.25) is 0 Å². The summed E-state index contributed by atoms with van der Waals surface area (Å²) >= 11 is 0. The van der Waals surface area contributed by atoms with Crippen LogP contribution in [0, 0.1) is 22.7 Å². The van der Waals surface area contributed by atoms with Gasteiger partial charge in [-0.1, -0.05) is 13.3 Å². The second kappa shape index (κ2) is 6.25. The first-order chi connectivity index (χ1) is 7.62. The molecule has 0 aromatic heterocycles. The number of nitrogens with zero attached hydrogens (tertiary/aromatic N) is 1. The summed E-state index contributed by atoms with van der Waals surface area (Å²) in [6.45, 7) is 7.09. The predicted molar refractivity (Wildman–Crippen MR) is 66.0 cm³/mol. The fourth-order valence-corrected chi connectivity index (χ4v) is 2.55. The minimum absolute atomic E-state index is 0.0828. The Bertz CT molecular complexity index is 234. The van der Waals surface area contributed by atoms with Gasteiger partial charge in [0.2, 0.25) is 0 Å². The largest absolute Gasteiger partial charge is 0.379 e. The number of hydrogen-bond donors (Lipinski definition) is 0. The first-order valence-corrected chi connectivity index (χ1v) is 6.65. The molecule has 0 spiro atoms. The molecule has 0 aromatic carbocycles. The van der Waals surface area contributed by atoms with Crippen molar-refractivity contribution in [2.24, 2.45) is 11.3 Å². The molecule has 1 aliphatic carbocycles. The SMILES string of the molecule is CCC1CCC(C#N)(CCOC(C)C)CC1. The lowest BCUT2D eigenvalue weighted by Gasteiger charge is -2.34. The van der Waals surface area contributed by atoms with Gasteiger partial charge in [0.1, 0.15) is 0 Å². The zero-order valence-electron chi connectivity index (χ0n) is 11.0. The van der Waals surface area contributed by atoms with Gasteiger partial charge in [-0.2, -0.15) is 5.26 Å². The van der Waals surface area contributed by atoms with Crippen molar-refractivity contribution >= 4 is 0 Å². The van der Waals surface area contributed by atoms with Crippen molar-refractivity contribution in [1.82, 2.24) is 0 Å². The molecule has 0 amide bonds. The Labute approximate surface area is 100.0 Å². The Balaban J connectivity index is 2.38. The highest BCUT2D eigenvalue weighted by atomic mass is 16.5. The maximum absolute atomic E-state index is 9.36. The van der Waals surface area contributed by atoms with Crippen LogP contribution in [0.5, 0.6) is 0 Å². The average molecular weight is 223 g/mol. The van der Waals surface area contributed by atoms with E-state index < -0.39 is 0 Å². The third-order valence-electron chi connectivity index (χ3n) is 3.91. The Hall–Kier alpha value is -0.550. The van der Waals surface area contributed by atoms with Crippen molar-refractivity contribution in [1.29, 1.82) is 5.26 Å². The van der Waals surface area contributed by atoms with Gasteiger partial charge in [-0.3, -0.25) is 0 Å². The molecule has 2 nitrogen and oxygen atoms in total. The molecule has 1 rings (SSSR count).